The molecule has 140 valence electrons. The number of benzene rings is 1. The summed E-state index contributed by atoms with van der Waals surface area (Å²) in [5, 5.41) is 6.71. The van der Waals surface area contributed by atoms with Gasteiger partial charge < -0.3 is 15.5 Å². The van der Waals surface area contributed by atoms with Crippen LogP contribution in [0, 0.1) is 5.82 Å². The van der Waals surface area contributed by atoms with Gasteiger partial charge in [-0.1, -0.05) is 13.0 Å². The highest BCUT2D eigenvalue weighted by molar-refractivity contribution is 5.79. The minimum atomic E-state index is -0.208. The number of likely N-dealkylation sites (N-methyl/N-ethyl adjacent to an activating group) is 1. The third-order valence-corrected chi connectivity index (χ3v) is 4.67. The molecule has 1 atom stereocenters. The Morgan fingerprint density at radius 1 is 1.32 bits per heavy atom. The van der Waals surface area contributed by atoms with E-state index in [0.29, 0.717) is 18.3 Å². The molecular formula is C19H32FN5. The summed E-state index contributed by atoms with van der Waals surface area (Å²) in [4.78, 5) is 8.89. The molecule has 25 heavy (non-hydrogen) atoms. The molecule has 0 spiro atoms. The minimum Gasteiger partial charge on any atom is -0.375 e. The van der Waals surface area contributed by atoms with Gasteiger partial charge in [-0.2, -0.15) is 0 Å². The van der Waals surface area contributed by atoms with Crippen LogP contribution in [0.2, 0.25) is 0 Å². The average Bonchev–Trinajstić information content (AvgIpc) is 3.04. The van der Waals surface area contributed by atoms with Crippen LogP contribution < -0.4 is 15.5 Å². The number of nitrogens with one attached hydrogen (secondary N) is 2. The quantitative estimate of drug-likeness (QED) is 0.586. The molecule has 1 heterocycles. The topological polar surface area (TPSA) is 42.9 Å². The van der Waals surface area contributed by atoms with Gasteiger partial charge >= 0.3 is 0 Å². The lowest BCUT2D eigenvalue weighted by molar-refractivity contribution is 0.267. The van der Waals surface area contributed by atoms with Crippen LogP contribution in [0.1, 0.15) is 32.3 Å². The maximum absolute atomic E-state index is 14.1. The van der Waals surface area contributed by atoms with Crippen molar-refractivity contribution in [3.05, 3.63) is 29.6 Å². The predicted molar refractivity (Wildman–Crippen MR) is 104 cm³/mol. The van der Waals surface area contributed by atoms with Gasteiger partial charge in [0.25, 0.3) is 0 Å². The van der Waals surface area contributed by atoms with Gasteiger partial charge in [0, 0.05) is 33.2 Å². The Hall–Kier alpha value is -1.82. The van der Waals surface area contributed by atoms with E-state index in [4.69, 9.17) is 0 Å². The highest BCUT2D eigenvalue weighted by atomic mass is 19.1. The zero-order valence-corrected chi connectivity index (χ0v) is 16.0. The summed E-state index contributed by atoms with van der Waals surface area (Å²) < 4.78 is 14.1. The van der Waals surface area contributed by atoms with Crippen molar-refractivity contribution in [3.63, 3.8) is 0 Å². The summed E-state index contributed by atoms with van der Waals surface area (Å²) >= 11 is 0. The van der Waals surface area contributed by atoms with Crippen LogP contribution in [0.5, 0.6) is 0 Å². The smallest absolute Gasteiger partial charge is 0.191 e. The van der Waals surface area contributed by atoms with Crippen molar-refractivity contribution in [3.8, 4) is 0 Å². The molecule has 1 unspecified atom stereocenters. The van der Waals surface area contributed by atoms with Crippen LogP contribution in [-0.4, -0.2) is 57.2 Å². The summed E-state index contributed by atoms with van der Waals surface area (Å²) in [6, 6.07) is 5.88. The molecule has 1 aliphatic rings. The molecule has 1 aromatic rings. The molecule has 1 saturated heterocycles. The first kappa shape index (κ1) is 19.5. The lowest BCUT2D eigenvalue weighted by Crippen LogP contribution is -2.44. The second kappa shape index (κ2) is 9.61. The van der Waals surface area contributed by atoms with Crippen LogP contribution in [0.3, 0.4) is 0 Å². The Kier molecular flexibility index (Phi) is 7.50. The van der Waals surface area contributed by atoms with Crippen LogP contribution >= 0.6 is 0 Å². The monoisotopic (exact) mass is 349 g/mol. The molecule has 2 N–H and O–H groups in total. The fourth-order valence-electron chi connectivity index (χ4n) is 3.28. The SMILES string of the molecule is CCNC(=NCc1ccc(N(C)C)c(F)c1)NCC1CCCN1CC. The largest absolute Gasteiger partial charge is 0.375 e. The van der Waals surface area contributed by atoms with Gasteiger partial charge in [0.2, 0.25) is 0 Å². The molecule has 0 amide bonds. The van der Waals surface area contributed by atoms with Gasteiger partial charge in [0.05, 0.1) is 12.2 Å². The molecular weight excluding hydrogens is 317 g/mol. The van der Waals surface area contributed by atoms with Crippen molar-refractivity contribution in [1.29, 1.82) is 0 Å². The van der Waals surface area contributed by atoms with Gasteiger partial charge in [0.1, 0.15) is 5.82 Å². The van der Waals surface area contributed by atoms with Gasteiger partial charge in [0.15, 0.2) is 5.96 Å². The molecule has 0 aromatic heterocycles. The van der Waals surface area contributed by atoms with E-state index >= 15 is 0 Å². The number of hydrogen-bond acceptors (Lipinski definition) is 3. The number of halogens is 1. The summed E-state index contributed by atoms with van der Waals surface area (Å²) in [6.07, 6.45) is 2.50. The van der Waals surface area contributed by atoms with Crippen molar-refractivity contribution >= 4 is 11.6 Å². The highest BCUT2D eigenvalue weighted by Gasteiger charge is 2.22. The Bertz CT molecular complexity index is 573. The molecule has 0 radical (unpaired) electrons. The predicted octanol–water partition coefficient (Wildman–Crippen LogP) is 2.43. The van der Waals surface area contributed by atoms with Gasteiger partial charge in [-0.05, 0) is 50.6 Å². The van der Waals surface area contributed by atoms with Gasteiger partial charge in [-0.15, -0.1) is 0 Å². The molecule has 1 fully saturated rings. The normalized spacial score (nSPS) is 18.4. The van der Waals surface area contributed by atoms with E-state index in [1.54, 1.807) is 17.0 Å². The summed E-state index contributed by atoms with van der Waals surface area (Å²) in [7, 11) is 3.68. The number of anilines is 1. The van der Waals surface area contributed by atoms with E-state index in [-0.39, 0.29) is 5.82 Å². The van der Waals surface area contributed by atoms with E-state index in [2.05, 4.69) is 34.4 Å². The molecule has 0 saturated carbocycles. The molecule has 1 aliphatic heterocycles. The lowest BCUT2D eigenvalue weighted by Gasteiger charge is -2.24. The van der Waals surface area contributed by atoms with Crippen LogP contribution in [0.25, 0.3) is 0 Å². The zero-order valence-electron chi connectivity index (χ0n) is 16.0. The van der Waals surface area contributed by atoms with Crippen LogP contribution in [-0.2, 0) is 6.54 Å². The number of aliphatic imine (C=N–C) groups is 1. The first-order chi connectivity index (χ1) is 12.0. The number of guanidine groups is 1. The van der Waals surface area contributed by atoms with Crippen molar-refractivity contribution in [2.24, 2.45) is 4.99 Å². The van der Waals surface area contributed by atoms with E-state index in [1.165, 1.54) is 19.4 Å². The maximum Gasteiger partial charge on any atom is 0.191 e. The zero-order chi connectivity index (χ0) is 18.2. The standard InChI is InChI=1S/C19H32FN5/c1-5-21-19(23-14-16-8-7-11-25(16)6-2)22-13-15-9-10-18(24(3)4)17(20)12-15/h9-10,12,16H,5-8,11,13-14H2,1-4H3,(H2,21,22,23). The van der Waals surface area contributed by atoms with E-state index in [0.717, 1.165) is 31.2 Å². The Morgan fingerprint density at radius 2 is 2.12 bits per heavy atom. The molecule has 6 heteroatoms. The fourth-order valence-corrected chi connectivity index (χ4v) is 3.28. The fraction of sp³-hybridized carbons (Fsp3) is 0.632. The number of likely N-dealkylation sites (tertiary alicyclic amines) is 1. The second-order valence-corrected chi connectivity index (χ2v) is 6.68. The molecule has 0 bridgehead atoms. The number of hydrogen-bond donors (Lipinski definition) is 2. The number of rotatable bonds is 7. The van der Waals surface area contributed by atoms with Crippen LogP contribution in [0.15, 0.2) is 23.2 Å². The third kappa shape index (κ3) is 5.59. The highest BCUT2D eigenvalue weighted by Crippen LogP contribution is 2.19. The first-order valence-electron chi connectivity index (χ1n) is 9.27. The Morgan fingerprint density at radius 3 is 2.76 bits per heavy atom. The summed E-state index contributed by atoms with van der Waals surface area (Å²) in [6.45, 7) is 8.71. The lowest BCUT2D eigenvalue weighted by atomic mass is 10.2. The van der Waals surface area contributed by atoms with E-state index < -0.39 is 0 Å². The van der Waals surface area contributed by atoms with Crippen molar-refractivity contribution in [2.75, 3.05) is 45.2 Å². The summed E-state index contributed by atoms with van der Waals surface area (Å²) in [5.41, 5.74) is 1.47. The van der Waals surface area contributed by atoms with Crippen molar-refractivity contribution in [1.82, 2.24) is 15.5 Å². The van der Waals surface area contributed by atoms with Gasteiger partial charge in [-0.3, -0.25) is 4.90 Å². The molecule has 2 rings (SSSR count). The Balaban J connectivity index is 1.96. The first-order valence-corrected chi connectivity index (χ1v) is 9.27. The summed E-state index contributed by atoms with van der Waals surface area (Å²) in [5.74, 6) is 0.586. The average molecular weight is 349 g/mol. The second-order valence-electron chi connectivity index (χ2n) is 6.68. The van der Waals surface area contributed by atoms with Crippen molar-refractivity contribution < 1.29 is 4.39 Å². The van der Waals surface area contributed by atoms with Gasteiger partial charge in [-0.25, -0.2) is 9.38 Å². The van der Waals surface area contributed by atoms with E-state index in [9.17, 15) is 4.39 Å². The molecule has 0 aliphatic carbocycles. The Labute approximate surface area is 151 Å². The minimum absolute atomic E-state index is 0.208. The van der Waals surface area contributed by atoms with Crippen molar-refractivity contribution in [2.45, 2.75) is 39.3 Å². The molecule has 5 nitrogen and oxygen atoms in total. The molecule has 1 aromatic carbocycles. The van der Waals surface area contributed by atoms with Crippen LogP contribution in [0.4, 0.5) is 10.1 Å². The van der Waals surface area contributed by atoms with E-state index in [1.807, 2.05) is 20.2 Å². The third-order valence-electron chi connectivity index (χ3n) is 4.67. The number of nitrogens with zero attached hydrogens (tertiary/aromatic N) is 3. The maximum atomic E-state index is 14.1.